The Kier molecular flexibility index (Phi) is 6.74. The summed E-state index contributed by atoms with van der Waals surface area (Å²) in [5.41, 5.74) is 0. The van der Waals surface area contributed by atoms with Gasteiger partial charge < -0.3 is 20.2 Å². The quantitative estimate of drug-likeness (QED) is 0.694. The molecule has 20 heavy (non-hydrogen) atoms. The van der Waals surface area contributed by atoms with Crippen molar-refractivity contribution in [2.24, 2.45) is 5.92 Å². The van der Waals surface area contributed by atoms with Gasteiger partial charge in [-0.25, -0.2) is 4.79 Å². The highest BCUT2D eigenvalue weighted by Crippen LogP contribution is 2.02. The van der Waals surface area contributed by atoms with Gasteiger partial charge in [-0.1, -0.05) is 6.92 Å². The van der Waals surface area contributed by atoms with Crippen LogP contribution in [0.4, 0.5) is 4.79 Å². The zero-order valence-electron chi connectivity index (χ0n) is 12.6. The van der Waals surface area contributed by atoms with Crippen molar-refractivity contribution in [3.63, 3.8) is 0 Å². The maximum absolute atomic E-state index is 11.9. The maximum atomic E-state index is 11.9. The van der Waals surface area contributed by atoms with Crippen LogP contribution in [0.2, 0.25) is 0 Å². The molecular weight excluding hydrogens is 260 g/mol. The largest absolute Gasteiger partial charge is 0.481 e. The Morgan fingerprint density at radius 3 is 2.35 bits per heavy atom. The Hall–Kier alpha value is -1.34. The van der Waals surface area contributed by atoms with Gasteiger partial charge in [-0.3, -0.25) is 9.69 Å². The van der Waals surface area contributed by atoms with Gasteiger partial charge in [0.2, 0.25) is 0 Å². The molecule has 1 fully saturated rings. The SMILES string of the molecule is CC(CNC(=O)N1CCN(CCN(C)C)CC1)C(=O)O. The first kappa shape index (κ1) is 16.7. The smallest absolute Gasteiger partial charge is 0.317 e. The highest BCUT2D eigenvalue weighted by Gasteiger charge is 2.21. The van der Waals surface area contributed by atoms with Crippen molar-refractivity contribution in [1.29, 1.82) is 0 Å². The number of hydrogen-bond donors (Lipinski definition) is 2. The fraction of sp³-hybridized carbons (Fsp3) is 0.846. The number of hydrogen-bond acceptors (Lipinski definition) is 4. The molecule has 1 aliphatic heterocycles. The van der Waals surface area contributed by atoms with Gasteiger partial charge in [0.05, 0.1) is 5.92 Å². The summed E-state index contributed by atoms with van der Waals surface area (Å²) >= 11 is 0. The molecule has 1 heterocycles. The van der Waals surface area contributed by atoms with Crippen LogP contribution in [0.25, 0.3) is 0 Å². The first-order chi connectivity index (χ1) is 9.40. The van der Waals surface area contributed by atoms with Crippen molar-refractivity contribution < 1.29 is 14.7 Å². The van der Waals surface area contributed by atoms with Gasteiger partial charge in [0.15, 0.2) is 0 Å². The Morgan fingerprint density at radius 2 is 1.85 bits per heavy atom. The predicted molar refractivity (Wildman–Crippen MR) is 76.8 cm³/mol. The average Bonchev–Trinajstić information content (AvgIpc) is 2.42. The fourth-order valence-electron chi connectivity index (χ4n) is 1.96. The van der Waals surface area contributed by atoms with Gasteiger partial charge in [-0.15, -0.1) is 0 Å². The molecule has 1 unspecified atom stereocenters. The van der Waals surface area contributed by atoms with Gasteiger partial charge in [0.25, 0.3) is 0 Å². The first-order valence-electron chi connectivity index (χ1n) is 7.03. The van der Waals surface area contributed by atoms with Gasteiger partial charge in [0, 0.05) is 45.8 Å². The number of nitrogens with one attached hydrogen (secondary N) is 1. The van der Waals surface area contributed by atoms with Crippen molar-refractivity contribution in [3.05, 3.63) is 0 Å². The van der Waals surface area contributed by atoms with E-state index in [0.29, 0.717) is 13.1 Å². The van der Waals surface area contributed by atoms with Crippen LogP contribution in [-0.4, -0.2) is 91.7 Å². The summed E-state index contributed by atoms with van der Waals surface area (Å²) in [4.78, 5) is 28.8. The zero-order chi connectivity index (χ0) is 15.1. The molecule has 0 bridgehead atoms. The van der Waals surface area contributed by atoms with Crippen LogP contribution in [0.1, 0.15) is 6.92 Å². The van der Waals surface area contributed by atoms with E-state index in [1.807, 2.05) is 14.1 Å². The molecule has 1 aliphatic rings. The topological polar surface area (TPSA) is 76.1 Å². The van der Waals surface area contributed by atoms with E-state index in [-0.39, 0.29) is 12.6 Å². The number of carbonyl (C=O) groups excluding carboxylic acids is 1. The van der Waals surface area contributed by atoms with E-state index in [1.165, 1.54) is 0 Å². The number of urea groups is 1. The maximum Gasteiger partial charge on any atom is 0.317 e. The zero-order valence-corrected chi connectivity index (χ0v) is 12.6. The molecule has 2 N–H and O–H groups in total. The van der Waals surface area contributed by atoms with Gasteiger partial charge in [0.1, 0.15) is 0 Å². The molecule has 2 amide bonds. The average molecular weight is 286 g/mol. The molecular formula is C13H26N4O3. The van der Waals surface area contributed by atoms with E-state index in [2.05, 4.69) is 15.1 Å². The second-order valence-electron chi connectivity index (χ2n) is 5.56. The predicted octanol–water partition coefficient (Wildman–Crippen LogP) is -0.404. The molecule has 1 atom stereocenters. The normalized spacial score (nSPS) is 18.1. The van der Waals surface area contributed by atoms with Gasteiger partial charge in [-0.2, -0.15) is 0 Å². The number of carboxylic acid groups (broad SMARTS) is 1. The molecule has 7 nitrogen and oxygen atoms in total. The standard InChI is InChI=1S/C13H26N4O3/c1-11(12(18)19)10-14-13(20)17-8-6-16(7-9-17)5-4-15(2)3/h11H,4-10H2,1-3H3,(H,14,20)(H,18,19). The number of aliphatic carboxylic acids is 1. The molecule has 0 saturated carbocycles. The third kappa shape index (κ3) is 5.75. The molecule has 0 spiro atoms. The number of piperazine rings is 1. The van der Waals surface area contributed by atoms with Crippen molar-refractivity contribution in [2.75, 3.05) is 59.9 Å². The van der Waals surface area contributed by atoms with Crippen LogP contribution in [0.15, 0.2) is 0 Å². The molecule has 0 aromatic carbocycles. The Bertz CT molecular complexity index is 328. The third-order valence-electron chi connectivity index (χ3n) is 3.50. The molecule has 116 valence electrons. The number of nitrogens with zero attached hydrogens (tertiary/aromatic N) is 3. The number of amides is 2. The Labute approximate surface area is 120 Å². The number of carboxylic acids is 1. The van der Waals surface area contributed by atoms with Crippen molar-refractivity contribution in [1.82, 2.24) is 20.0 Å². The molecule has 0 aromatic rings. The van der Waals surface area contributed by atoms with Crippen LogP contribution in [0.3, 0.4) is 0 Å². The summed E-state index contributed by atoms with van der Waals surface area (Å²) in [6, 6.07) is -0.162. The van der Waals surface area contributed by atoms with Crippen molar-refractivity contribution in [2.45, 2.75) is 6.92 Å². The lowest BCUT2D eigenvalue weighted by molar-refractivity contribution is -0.140. The highest BCUT2D eigenvalue weighted by molar-refractivity contribution is 5.76. The lowest BCUT2D eigenvalue weighted by atomic mass is 10.2. The van der Waals surface area contributed by atoms with Crippen LogP contribution in [0, 0.1) is 5.92 Å². The van der Waals surface area contributed by atoms with Crippen LogP contribution in [-0.2, 0) is 4.79 Å². The second kappa shape index (κ2) is 8.06. The van der Waals surface area contributed by atoms with Crippen LogP contribution in [0.5, 0.6) is 0 Å². The molecule has 7 heteroatoms. The molecule has 0 radical (unpaired) electrons. The third-order valence-corrected chi connectivity index (χ3v) is 3.50. The fourth-order valence-corrected chi connectivity index (χ4v) is 1.96. The monoisotopic (exact) mass is 286 g/mol. The van der Waals surface area contributed by atoms with Crippen molar-refractivity contribution >= 4 is 12.0 Å². The molecule has 0 aromatic heterocycles. The second-order valence-corrected chi connectivity index (χ2v) is 5.56. The van der Waals surface area contributed by atoms with E-state index < -0.39 is 11.9 Å². The summed E-state index contributed by atoms with van der Waals surface area (Å²) in [5.74, 6) is -1.45. The van der Waals surface area contributed by atoms with Crippen LogP contribution >= 0.6 is 0 Å². The number of likely N-dealkylation sites (N-methyl/N-ethyl adjacent to an activating group) is 1. The van der Waals surface area contributed by atoms with E-state index in [4.69, 9.17) is 5.11 Å². The summed E-state index contributed by atoms with van der Waals surface area (Å²) in [5, 5.41) is 11.4. The first-order valence-corrected chi connectivity index (χ1v) is 7.03. The molecule has 1 rings (SSSR count). The number of rotatable bonds is 6. The van der Waals surface area contributed by atoms with E-state index >= 15 is 0 Å². The van der Waals surface area contributed by atoms with Gasteiger partial charge >= 0.3 is 12.0 Å². The molecule has 1 saturated heterocycles. The Morgan fingerprint density at radius 1 is 1.25 bits per heavy atom. The van der Waals surface area contributed by atoms with Gasteiger partial charge in [-0.05, 0) is 14.1 Å². The lowest BCUT2D eigenvalue weighted by Crippen LogP contribution is -2.53. The van der Waals surface area contributed by atoms with E-state index in [9.17, 15) is 9.59 Å². The Balaban J connectivity index is 2.23. The minimum absolute atomic E-state index is 0.162. The minimum Gasteiger partial charge on any atom is -0.481 e. The van der Waals surface area contributed by atoms with E-state index in [0.717, 1.165) is 26.2 Å². The van der Waals surface area contributed by atoms with Crippen molar-refractivity contribution in [3.8, 4) is 0 Å². The summed E-state index contributed by atoms with van der Waals surface area (Å²) in [6.07, 6.45) is 0. The van der Waals surface area contributed by atoms with Crippen LogP contribution < -0.4 is 5.32 Å². The minimum atomic E-state index is -0.890. The number of carbonyl (C=O) groups is 2. The molecule has 0 aliphatic carbocycles. The summed E-state index contributed by atoms with van der Waals surface area (Å²) < 4.78 is 0. The summed E-state index contributed by atoms with van der Waals surface area (Å²) in [7, 11) is 4.10. The highest BCUT2D eigenvalue weighted by atomic mass is 16.4. The lowest BCUT2D eigenvalue weighted by Gasteiger charge is -2.35. The summed E-state index contributed by atoms with van der Waals surface area (Å²) in [6.45, 7) is 6.92. The van der Waals surface area contributed by atoms with E-state index in [1.54, 1.807) is 11.8 Å².